The van der Waals surface area contributed by atoms with E-state index in [0.717, 1.165) is 5.75 Å². The monoisotopic (exact) mass is 156 g/mol. The Kier molecular flexibility index (Phi) is 5.08. The third kappa shape index (κ3) is 2.90. The van der Waals surface area contributed by atoms with Crippen LogP contribution >= 0.6 is 11.8 Å². The highest BCUT2D eigenvalue weighted by atomic mass is 32.2. The summed E-state index contributed by atoms with van der Waals surface area (Å²) in [5, 5.41) is 0. The van der Waals surface area contributed by atoms with Crippen molar-refractivity contribution in [3.63, 3.8) is 0 Å². The number of hydrogen-bond donors (Lipinski definition) is 0. The maximum absolute atomic E-state index is 2.15. The lowest BCUT2D eigenvalue weighted by molar-refractivity contribution is 0.824. The van der Waals surface area contributed by atoms with E-state index in [9.17, 15) is 0 Å². The molecule has 0 aliphatic rings. The molecule has 0 radical (unpaired) electrons. The van der Waals surface area contributed by atoms with Crippen molar-refractivity contribution in [2.75, 3.05) is 6.26 Å². The molecular weight excluding hydrogens is 144 g/mol. The van der Waals surface area contributed by atoms with Gasteiger partial charge >= 0.3 is 0 Å². The molecule has 0 fully saturated rings. The van der Waals surface area contributed by atoms with Crippen LogP contribution in [0, 0.1) is 0 Å². The Morgan fingerprint density at radius 1 is 1.20 bits per heavy atom. The fourth-order valence-electron chi connectivity index (χ4n) is 0.741. The molecule has 0 atom stereocenters. The first kappa shape index (κ1) is 9.53. The van der Waals surface area contributed by atoms with E-state index in [1.807, 2.05) is 17.8 Å². The van der Waals surface area contributed by atoms with Gasteiger partial charge in [-0.1, -0.05) is 30.3 Å². The van der Waals surface area contributed by atoms with Gasteiger partial charge in [0.05, 0.1) is 0 Å². The Balaban J connectivity index is 0.000000810. The zero-order chi connectivity index (χ0) is 6.53. The van der Waals surface area contributed by atoms with Gasteiger partial charge < -0.3 is 5.48 Å². The Morgan fingerprint density at radius 3 is 2.30 bits per heavy atom. The molecule has 10 heavy (non-hydrogen) atoms. The molecule has 56 valence electrons. The lowest BCUT2D eigenvalue weighted by Gasteiger charge is -1.93. The quantitative estimate of drug-likeness (QED) is 0.641. The zero-order valence-electron chi connectivity index (χ0n) is 6.00. The Morgan fingerprint density at radius 2 is 1.80 bits per heavy atom. The van der Waals surface area contributed by atoms with Crippen molar-refractivity contribution >= 4 is 11.8 Å². The predicted molar refractivity (Wildman–Crippen MR) is 47.3 cm³/mol. The molecule has 0 saturated carbocycles. The first-order valence-corrected chi connectivity index (χ1v) is 4.36. The van der Waals surface area contributed by atoms with Crippen LogP contribution in [0.5, 0.6) is 0 Å². The summed E-state index contributed by atoms with van der Waals surface area (Å²) in [5.74, 6) is 1.13. The van der Waals surface area contributed by atoms with Gasteiger partial charge in [-0.15, -0.1) is 0 Å². The molecule has 2 N–H and O–H groups in total. The van der Waals surface area contributed by atoms with Gasteiger partial charge in [0.1, 0.15) is 0 Å². The minimum Gasteiger partial charge on any atom is -0.412 e. The standard InChI is InChI=1S/C8H10S.H2O/c1-9-7-8-5-3-2-4-6-8;/h2-6H,7H2,1H3;1H2. The van der Waals surface area contributed by atoms with Crippen molar-refractivity contribution in [3.8, 4) is 0 Å². The van der Waals surface area contributed by atoms with Crippen LogP contribution in [0.15, 0.2) is 30.3 Å². The Labute approximate surface area is 65.8 Å². The molecule has 2 heteroatoms. The lowest BCUT2D eigenvalue weighted by atomic mass is 10.2. The summed E-state index contributed by atoms with van der Waals surface area (Å²) in [6, 6.07) is 10.5. The summed E-state index contributed by atoms with van der Waals surface area (Å²) < 4.78 is 0. The van der Waals surface area contributed by atoms with Gasteiger partial charge in [0.2, 0.25) is 0 Å². The van der Waals surface area contributed by atoms with Crippen LogP contribution in [0.25, 0.3) is 0 Å². The topological polar surface area (TPSA) is 31.5 Å². The van der Waals surface area contributed by atoms with Crippen molar-refractivity contribution in [1.29, 1.82) is 0 Å². The maximum Gasteiger partial charge on any atom is 0.0181 e. The predicted octanol–water partition coefficient (Wildman–Crippen LogP) is 1.72. The lowest BCUT2D eigenvalue weighted by Crippen LogP contribution is -1.74. The second-order valence-corrected chi connectivity index (χ2v) is 2.78. The smallest absolute Gasteiger partial charge is 0.0181 e. The van der Waals surface area contributed by atoms with Crippen molar-refractivity contribution in [1.82, 2.24) is 0 Å². The van der Waals surface area contributed by atoms with E-state index in [0.29, 0.717) is 0 Å². The van der Waals surface area contributed by atoms with E-state index in [2.05, 4.69) is 30.5 Å². The zero-order valence-corrected chi connectivity index (χ0v) is 6.82. The molecule has 1 nitrogen and oxygen atoms in total. The minimum absolute atomic E-state index is 0. The van der Waals surface area contributed by atoms with Gasteiger partial charge in [0.25, 0.3) is 0 Å². The summed E-state index contributed by atoms with van der Waals surface area (Å²) in [7, 11) is 0. The first-order valence-electron chi connectivity index (χ1n) is 2.96. The number of rotatable bonds is 2. The molecule has 0 saturated heterocycles. The fraction of sp³-hybridized carbons (Fsp3) is 0.250. The van der Waals surface area contributed by atoms with E-state index in [1.54, 1.807) is 0 Å². The average molecular weight is 156 g/mol. The first-order chi connectivity index (χ1) is 4.43. The molecule has 0 bridgehead atoms. The summed E-state index contributed by atoms with van der Waals surface area (Å²) >= 11 is 1.85. The fourth-order valence-corrected chi connectivity index (χ4v) is 1.27. The van der Waals surface area contributed by atoms with Crippen molar-refractivity contribution in [3.05, 3.63) is 35.9 Å². The second-order valence-electron chi connectivity index (χ2n) is 1.92. The van der Waals surface area contributed by atoms with Crippen LogP contribution in [-0.4, -0.2) is 11.7 Å². The summed E-state index contributed by atoms with van der Waals surface area (Å²) in [4.78, 5) is 0. The highest BCUT2D eigenvalue weighted by Crippen LogP contribution is 2.06. The van der Waals surface area contributed by atoms with Crippen LogP contribution in [0.2, 0.25) is 0 Å². The van der Waals surface area contributed by atoms with Gasteiger partial charge in [0, 0.05) is 5.75 Å². The average Bonchev–Trinajstić information content (AvgIpc) is 1.91. The van der Waals surface area contributed by atoms with Crippen LogP contribution < -0.4 is 0 Å². The third-order valence-corrected chi connectivity index (χ3v) is 1.78. The molecule has 0 spiro atoms. The van der Waals surface area contributed by atoms with Gasteiger partial charge in [-0.05, 0) is 11.8 Å². The molecule has 1 rings (SSSR count). The van der Waals surface area contributed by atoms with Crippen molar-refractivity contribution in [2.45, 2.75) is 5.75 Å². The van der Waals surface area contributed by atoms with E-state index in [-0.39, 0.29) is 5.48 Å². The highest BCUT2D eigenvalue weighted by molar-refractivity contribution is 7.97. The number of thioether (sulfide) groups is 1. The largest absolute Gasteiger partial charge is 0.412 e. The molecule has 1 aromatic carbocycles. The molecule has 0 aliphatic carbocycles. The van der Waals surface area contributed by atoms with Crippen LogP contribution in [0.3, 0.4) is 0 Å². The number of hydrogen-bond acceptors (Lipinski definition) is 1. The minimum atomic E-state index is 0. The summed E-state index contributed by atoms with van der Waals surface area (Å²) in [5.41, 5.74) is 1.41. The SMILES string of the molecule is CSCc1ccccc1.O. The molecule has 0 aromatic heterocycles. The van der Waals surface area contributed by atoms with Gasteiger partial charge in [0.15, 0.2) is 0 Å². The van der Waals surface area contributed by atoms with Crippen molar-refractivity contribution < 1.29 is 5.48 Å². The Bertz CT molecular complexity index is 162. The third-order valence-electron chi connectivity index (χ3n) is 1.15. The maximum atomic E-state index is 2.15. The number of benzene rings is 1. The summed E-state index contributed by atoms with van der Waals surface area (Å²) in [6.07, 6.45) is 2.12. The van der Waals surface area contributed by atoms with E-state index in [1.165, 1.54) is 5.56 Å². The second kappa shape index (κ2) is 5.33. The van der Waals surface area contributed by atoms with Crippen LogP contribution in [-0.2, 0) is 5.75 Å². The normalized spacial score (nSPS) is 8.50. The van der Waals surface area contributed by atoms with Crippen LogP contribution in [0.1, 0.15) is 5.56 Å². The van der Waals surface area contributed by atoms with E-state index < -0.39 is 0 Å². The molecule has 0 heterocycles. The highest BCUT2D eigenvalue weighted by Gasteiger charge is 1.84. The molecule has 0 aliphatic heterocycles. The van der Waals surface area contributed by atoms with Crippen molar-refractivity contribution in [2.24, 2.45) is 0 Å². The molecular formula is C8H12OS. The Hall–Kier alpha value is -0.470. The molecule has 0 amide bonds. The van der Waals surface area contributed by atoms with E-state index >= 15 is 0 Å². The van der Waals surface area contributed by atoms with Gasteiger partial charge in [-0.3, -0.25) is 0 Å². The van der Waals surface area contributed by atoms with Gasteiger partial charge in [-0.25, -0.2) is 0 Å². The molecule has 1 aromatic rings. The van der Waals surface area contributed by atoms with Crippen LogP contribution in [0.4, 0.5) is 0 Å². The molecule has 0 unspecified atom stereocenters. The van der Waals surface area contributed by atoms with Gasteiger partial charge in [-0.2, -0.15) is 11.8 Å². The van der Waals surface area contributed by atoms with E-state index in [4.69, 9.17) is 0 Å². The summed E-state index contributed by atoms with van der Waals surface area (Å²) in [6.45, 7) is 0.